The number of nitrogens with zero attached hydrogens (tertiary/aromatic N) is 1. The number of carbonyl (C=O) groups is 2. The van der Waals surface area contributed by atoms with Gasteiger partial charge in [-0.2, -0.15) is 0 Å². The highest BCUT2D eigenvalue weighted by Crippen LogP contribution is 2.15. The van der Waals surface area contributed by atoms with Gasteiger partial charge in [-0.1, -0.05) is 0 Å². The van der Waals surface area contributed by atoms with Crippen molar-refractivity contribution in [3.05, 3.63) is 28.6 Å². The quantitative estimate of drug-likeness (QED) is 0.672. The molecule has 0 spiro atoms. The average molecular weight is 191 g/mol. The summed E-state index contributed by atoms with van der Waals surface area (Å²) in [6, 6.07) is 1.66. The molecule has 0 saturated carbocycles. The average Bonchev–Trinajstić information content (AvgIpc) is 2.01. The van der Waals surface area contributed by atoms with E-state index in [0.29, 0.717) is 16.8 Å². The monoisotopic (exact) mass is 191 g/mol. The number of hydrogen-bond donors (Lipinski definition) is 0. The van der Waals surface area contributed by atoms with Gasteiger partial charge in [0, 0.05) is 22.5 Å². The molecule has 0 aliphatic rings. The van der Waals surface area contributed by atoms with Gasteiger partial charge in [0.05, 0.1) is 0 Å². The van der Waals surface area contributed by atoms with Gasteiger partial charge in [0.15, 0.2) is 11.6 Å². The van der Waals surface area contributed by atoms with Gasteiger partial charge >= 0.3 is 0 Å². The molecule has 0 bridgehead atoms. The highest BCUT2D eigenvalue weighted by Gasteiger charge is 2.15. The van der Waals surface area contributed by atoms with Crippen LogP contribution in [0, 0.1) is 13.8 Å². The van der Waals surface area contributed by atoms with Gasteiger partial charge in [-0.3, -0.25) is 14.6 Å². The first-order chi connectivity index (χ1) is 6.43. The standard InChI is InChI=1S/C11H13NO2/c1-6-5-10(8(3)13)11(9(4)14)7(2)12-6/h5H,1-4H3. The second kappa shape index (κ2) is 3.70. The van der Waals surface area contributed by atoms with Crippen molar-refractivity contribution in [1.82, 2.24) is 4.98 Å². The van der Waals surface area contributed by atoms with Gasteiger partial charge in [0.2, 0.25) is 0 Å². The predicted octanol–water partition coefficient (Wildman–Crippen LogP) is 2.10. The maximum atomic E-state index is 11.3. The molecule has 1 heterocycles. The third kappa shape index (κ3) is 1.87. The van der Waals surface area contributed by atoms with Crippen molar-refractivity contribution in [3.8, 4) is 0 Å². The van der Waals surface area contributed by atoms with E-state index in [2.05, 4.69) is 4.98 Å². The van der Waals surface area contributed by atoms with Crippen LogP contribution in [0.25, 0.3) is 0 Å². The molecule has 74 valence electrons. The summed E-state index contributed by atoms with van der Waals surface area (Å²) in [6.45, 7) is 6.46. The van der Waals surface area contributed by atoms with Crippen LogP contribution < -0.4 is 0 Å². The first-order valence-corrected chi connectivity index (χ1v) is 4.43. The largest absolute Gasteiger partial charge is 0.294 e. The van der Waals surface area contributed by atoms with Crippen molar-refractivity contribution < 1.29 is 9.59 Å². The zero-order valence-electron chi connectivity index (χ0n) is 8.84. The fourth-order valence-electron chi connectivity index (χ4n) is 1.55. The molecule has 0 unspecified atom stereocenters. The lowest BCUT2D eigenvalue weighted by Crippen LogP contribution is -2.09. The summed E-state index contributed by atoms with van der Waals surface area (Å²) in [6.07, 6.45) is 0. The smallest absolute Gasteiger partial charge is 0.162 e. The number of aryl methyl sites for hydroxylation is 2. The van der Waals surface area contributed by atoms with E-state index in [4.69, 9.17) is 0 Å². The molecule has 1 aromatic rings. The Morgan fingerprint density at radius 2 is 1.71 bits per heavy atom. The van der Waals surface area contributed by atoms with Crippen molar-refractivity contribution in [2.75, 3.05) is 0 Å². The van der Waals surface area contributed by atoms with Crippen LogP contribution >= 0.6 is 0 Å². The number of hydrogen-bond acceptors (Lipinski definition) is 3. The molecule has 14 heavy (non-hydrogen) atoms. The Morgan fingerprint density at radius 1 is 1.14 bits per heavy atom. The number of pyridine rings is 1. The number of carbonyl (C=O) groups excluding carboxylic acids is 2. The van der Waals surface area contributed by atoms with Crippen LogP contribution in [0.4, 0.5) is 0 Å². The number of ketones is 2. The normalized spacial score (nSPS) is 10.0. The summed E-state index contributed by atoms with van der Waals surface area (Å²) >= 11 is 0. The highest BCUT2D eigenvalue weighted by molar-refractivity contribution is 6.07. The van der Waals surface area contributed by atoms with Crippen LogP contribution in [0.2, 0.25) is 0 Å². The van der Waals surface area contributed by atoms with Crippen LogP contribution in [0.15, 0.2) is 6.07 Å². The molecule has 0 N–H and O–H groups in total. The molecule has 3 nitrogen and oxygen atoms in total. The lowest BCUT2D eigenvalue weighted by molar-refractivity contribution is 0.0979. The summed E-state index contributed by atoms with van der Waals surface area (Å²) < 4.78 is 0. The van der Waals surface area contributed by atoms with Gasteiger partial charge in [-0.05, 0) is 33.8 Å². The number of aromatic nitrogens is 1. The molecule has 0 aliphatic heterocycles. The molecule has 0 radical (unpaired) electrons. The van der Waals surface area contributed by atoms with E-state index in [1.165, 1.54) is 13.8 Å². The molecule has 0 atom stereocenters. The second-order valence-electron chi connectivity index (χ2n) is 3.38. The Labute approximate surface area is 83.2 Å². The molecule has 0 aliphatic carbocycles. The Bertz CT molecular complexity index is 408. The zero-order chi connectivity index (χ0) is 10.9. The zero-order valence-corrected chi connectivity index (χ0v) is 8.84. The van der Waals surface area contributed by atoms with Crippen LogP contribution in [-0.2, 0) is 0 Å². The van der Waals surface area contributed by atoms with E-state index in [1.54, 1.807) is 13.0 Å². The minimum Gasteiger partial charge on any atom is -0.294 e. The maximum absolute atomic E-state index is 11.3. The lowest BCUT2D eigenvalue weighted by atomic mass is 10.00. The summed E-state index contributed by atoms with van der Waals surface area (Å²) in [5, 5.41) is 0. The maximum Gasteiger partial charge on any atom is 0.162 e. The van der Waals surface area contributed by atoms with E-state index in [-0.39, 0.29) is 11.6 Å². The number of rotatable bonds is 2. The molecule has 0 amide bonds. The van der Waals surface area contributed by atoms with Gasteiger partial charge in [0.1, 0.15) is 0 Å². The van der Waals surface area contributed by atoms with Crippen molar-refractivity contribution in [2.45, 2.75) is 27.7 Å². The van der Waals surface area contributed by atoms with Crippen LogP contribution in [-0.4, -0.2) is 16.6 Å². The minimum absolute atomic E-state index is 0.0937. The van der Waals surface area contributed by atoms with Crippen molar-refractivity contribution in [2.24, 2.45) is 0 Å². The fraction of sp³-hybridized carbons (Fsp3) is 0.364. The molecule has 3 heteroatoms. The Kier molecular flexibility index (Phi) is 2.79. The summed E-state index contributed by atoms with van der Waals surface area (Å²) in [4.78, 5) is 26.8. The summed E-state index contributed by atoms with van der Waals surface area (Å²) in [5.74, 6) is -0.205. The third-order valence-corrected chi connectivity index (χ3v) is 2.06. The van der Waals surface area contributed by atoms with E-state index >= 15 is 0 Å². The van der Waals surface area contributed by atoms with Crippen LogP contribution in [0.5, 0.6) is 0 Å². The molecular weight excluding hydrogens is 178 g/mol. The summed E-state index contributed by atoms with van der Waals surface area (Å²) in [7, 11) is 0. The Morgan fingerprint density at radius 3 is 2.14 bits per heavy atom. The topological polar surface area (TPSA) is 47.0 Å². The fourth-order valence-corrected chi connectivity index (χ4v) is 1.55. The van der Waals surface area contributed by atoms with Gasteiger partial charge in [0.25, 0.3) is 0 Å². The molecule has 0 aromatic carbocycles. The molecule has 1 aromatic heterocycles. The first-order valence-electron chi connectivity index (χ1n) is 4.43. The third-order valence-electron chi connectivity index (χ3n) is 2.06. The van der Waals surface area contributed by atoms with Gasteiger partial charge in [-0.25, -0.2) is 0 Å². The molecule has 1 rings (SSSR count). The predicted molar refractivity (Wildman–Crippen MR) is 53.7 cm³/mol. The SMILES string of the molecule is CC(=O)c1cc(C)nc(C)c1C(C)=O. The van der Waals surface area contributed by atoms with Crippen LogP contribution in [0.3, 0.4) is 0 Å². The van der Waals surface area contributed by atoms with E-state index in [0.717, 1.165) is 5.69 Å². The Hall–Kier alpha value is -1.51. The highest BCUT2D eigenvalue weighted by atomic mass is 16.1. The Balaban J connectivity index is 3.52. The first kappa shape index (κ1) is 10.6. The van der Waals surface area contributed by atoms with Crippen molar-refractivity contribution >= 4 is 11.6 Å². The van der Waals surface area contributed by atoms with E-state index in [1.807, 2.05) is 6.92 Å². The van der Waals surface area contributed by atoms with Gasteiger partial charge in [-0.15, -0.1) is 0 Å². The van der Waals surface area contributed by atoms with Crippen molar-refractivity contribution in [3.63, 3.8) is 0 Å². The molecular formula is C11H13NO2. The lowest BCUT2D eigenvalue weighted by Gasteiger charge is -2.07. The van der Waals surface area contributed by atoms with Crippen molar-refractivity contribution in [1.29, 1.82) is 0 Å². The second-order valence-corrected chi connectivity index (χ2v) is 3.38. The molecule has 0 fully saturated rings. The van der Waals surface area contributed by atoms with E-state index < -0.39 is 0 Å². The van der Waals surface area contributed by atoms with E-state index in [9.17, 15) is 9.59 Å². The number of Topliss-reactive ketones (excluding diaryl/α,β-unsaturated/α-hetero) is 2. The minimum atomic E-state index is -0.111. The van der Waals surface area contributed by atoms with Crippen LogP contribution in [0.1, 0.15) is 46.0 Å². The van der Waals surface area contributed by atoms with Gasteiger partial charge < -0.3 is 0 Å². The summed E-state index contributed by atoms with van der Waals surface area (Å²) in [5.41, 5.74) is 2.31. The molecule has 0 saturated heterocycles.